The first-order chi connectivity index (χ1) is 14.7. The molecule has 0 bridgehead atoms. The van der Waals surface area contributed by atoms with Crippen molar-refractivity contribution in [3.63, 3.8) is 0 Å². The van der Waals surface area contributed by atoms with Crippen molar-refractivity contribution in [3.8, 4) is 0 Å². The topological polar surface area (TPSA) is 137 Å². The molecule has 0 aliphatic heterocycles. The van der Waals surface area contributed by atoms with E-state index in [0.717, 1.165) is 6.42 Å². The second-order valence-corrected chi connectivity index (χ2v) is 7.21. The van der Waals surface area contributed by atoms with Gasteiger partial charge in [-0.2, -0.15) is 0 Å². The molecule has 11 heteroatoms. The minimum Gasteiger partial charge on any atom is -0.480 e. The van der Waals surface area contributed by atoms with Gasteiger partial charge in [0, 0.05) is 26.7 Å². The van der Waals surface area contributed by atoms with E-state index in [1.165, 1.54) is 27.9 Å². The number of nitrogens with zero attached hydrogens (tertiary/aromatic N) is 7. The van der Waals surface area contributed by atoms with E-state index in [2.05, 4.69) is 51.5 Å². The van der Waals surface area contributed by atoms with Gasteiger partial charge in [-0.05, 0) is 18.9 Å². The van der Waals surface area contributed by atoms with Crippen LogP contribution >= 0.6 is 0 Å². The molecule has 11 nitrogen and oxygen atoms in total. The van der Waals surface area contributed by atoms with Crippen LogP contribution in [0.3, 0.4) is 0 Å². The van der Waals surface area contributed by atoms with Crippen LogP contribution in [0.15, 0.2) is 53.1 Å². The third-order valence-electron chi connectivity index (χ3n) is 4.22. The number of hydrogen-bond acceptors (Lipinski definition) is 7. The second-order valence-electron chi connectivity index (χ2n) is 7.21. The van der Waals surface area contributed by atoms with Crippen molar-refractivity contribution in [1.29, 1.82) is 0 Å². The van der Waals surface area contributed by atoms with Gasteiger partial charge in [-0.3, -0.25) is 19.5 Å². The number of aromatic nitrogens is 3. The summed E-state index contributed by atoms with van der Waals surface area (Å²) in [6.45, 7) is 6.89. The van der Waals surface area contributed by atoms with Crippen molar-refractivity contribution in [2.24, 2.45) is 10.3 Å². The summed E-state index contributed by atoms with van der Waals surface area (Å²) in [5, 5.41) is 34.6. The van der Waals surface area contributed by atoms with Gasteiger partial charge in [0.05, 0.1) is 17.6 Å². The largest absolute Gasteiger partial charge is 0.480 e. The van der Waals surface area contributed by atoms with E-state index in [0.29, 0.717) is 31.0 Å². The number of carboxylic acids is 2. The van der Waals surface area contributed by atoms with Gasteiger partial charge in [-0.15, -0.1) is 10.2 Å². The van der Waals surface area contributed by atoms with Crippen LogP contribution in [0.25, 0.3) is 0 Å². The Morgan fingerprint density at radius 3 is 2.52 bits per heavy atom. The minimum absolute atomic E-state index is 0.257. The van der Waals surface area contributed by atoms with E-state index in [9.17, 15) is 9.59 Å². The minimum atomic E-state index is -1.00. The highest BCUT2D eigenvalue weighted by Gasteiger charge is 2.12. The van der Waals surface area contributed by atoms with Crippen molar-refractivity contribution in [1.82, 2.24) is 24.9 Å². The molecule has 166 valence electrons. The van der Waals surface area contributed by atoms with Crippen LogP contribution in [0, 0.1) is 6.92 Å². The summed E-state index contributed by atoms with van der Waals surface area (Å²) in [5.74, 6) is -2.00. The summed E-state index contributed by atoms with van der Waals surface area (Å²) in [7, 11) is 1.51. The maximum Gasteiger partial charge on any atom is 0.325 e. The molecule has 0 saturated heterocycles. The predicted octanol–water partition coefficient (Wildman–Crippen LogP) is 1.61. The quantitative estimate of drug-likeness (QED) is 0.362. The Balaban J connectivity index is 2.03. The first kappa shape index (κ1) is 23.7. The molecule has 0 saturated carbocycles. The average molecular weight is 429 g/mol. The standard InChI is InChI=1S/C20H27N7O4/c1-15-4-6-17(7-5-15)8-9-26(10-16(2)21-23-25(3)13-19(28)29)11-18-12-27(24-22-18)14-20(30)31/h4-7,12H,2,8-11,13-14H2,1,3H3,(H,28,29)(H,30,31). The molecule has 0 aliphatic carbocycles. The van der Waals surface area contributed by atoms with Crippen molar-refractivity contribution in [2.75, 3.05) is 26.7 Å². The van der Waals surface area contributed by atoms with Crippen LogP contribution < -0.4 is 0 Å². The highest BCUT2D eigenvalue weighted by atomic mass is 16.4. The van der Waals surface area contributed by atoms with E-state index >= 15 is 0 Å². The normalized spacial score (nSPS) is 11.2. The number of benzene rings is 1. The fourth-order valence-electron chi connectivity index (χ4n) is 2.77. The van der Waals surface area contributed by atoms with E-state index in [1.807, 2.05) is 11.8 Å². The lowest BCUT2D eigenvalue weighted by molar-refractivity contribution is -0.139. The van der Waals surface area contributed by atoms with E-state index < -0.39 is 11.9 Å². The van der Waals surface area contributed by atoms with Crippen LogP contribution in [0.2, 0.25) is 0 Å². The number of aliphatic carboxylic acids is 2. The molecule has 1 aromatic heterocycles. The summed E-state index contributed by atoms with van der Waals surface area (Å²) in [6.07, 6.45) is 2.38. The number of likely N-dealkylation sites (N-methyl/N-ethyl adjacent to an activating group) is 1. The van der Waals surface area contributed by atoms with Crippen molar-refractivity contribution >= 4 is 11.9 Å². The Bertz CT molecular complexity index is 924. The van der Waals surface area contributed by atoms with Gasteiger partial charge >= 0.3 is 11.9 Å². The maximum atomic E-state index is 10.8. The fraction of sp³-hybridized carbons (Fsp3) is 0.400. The van der Waals surface area contributed by atoms with Crippen LogP contribution in [0.5, 0.6) is 0 Å². The van der Waals surface area contributed by atoms with Gasteiger partial charge in [0.25, 0.3) is 0 Å². The summed E-state index contributed by atoms with van der Waals surface area (Å²) in [4.78, 5) is 23.6. The van der Waals surface area contributed by atoms with E-state index in [4.69, 9.17) is 10.2 Å². The summed E-state index contributed by atoms with van der Waals surface area (Å²) in [6, 6.07) is 8.27. The number of carboxylic acid groups (broad SMARTS) is 2. The van der Waals surface area contributed by atoms with Gasteiger partial charge in [0.15, 0.2) is 0 Å². The van der Waals surface area contributed by atoms with Crippen molar-refractivity contribution in [2.45, 2.75) is 26.4 Å². The molecule has 0 amide bonds. The second kappa shape index (κ2) is 11.6. The van der Waals surface area contributed by atoms with Crippen LogP contribution in [0.1, 0.15) is 16.8 Å². The molecule has 0 atom stereocenters. The highest BCUT2D eigenvalue weighted by Crippen LogP contribution is 2.10. The Kier molecular flexibility index (Phi) is 8.82. The number of carbonyl (C=O) groups is 2. The maximum absolute atomic E-state index is 10.8. The Morgan fingerprint density at radius 1 is 1.16 bits per heavy atom. The first-order valence-electron chi connectivity index (χ1n) is 9.62. The number of rotatable bonds is 13. The lowest BCUT2D eigenvalue weighted by atomic mass is 10.1. The molecule has 2 aromatic rings. The zero-order valence-electron chi connectivity index (χ0n) is 17.7. The Labute approximate surface area is 180 Å². The zero-order valence-corrected chi connectivity index (χ0v) is 17.7. The lowest BCUT2D eigenvalue weighted by Crippen LogP contribution is -2.28. The molecule has 0 unspecified atom stereocenters. The molecular weight excluding hydrogens is 402 g/mol. The SMILES string of the molecule is C=C(CN(CCc1ccc(C)cc1)Cc1cn(CC(=O)O)nn1)N=NN(C)CC(=O)O. The van der Waals surface area contributed by atoms with E-state index in [-0.39, 0.29) is 13.1 Å². The molecular formula is C20H27N7O4. The van der Waals surface area contributed by atoms with Gasteiger partial charge in [-0.25, -0.2) is 4.68 Å². The fourth-order valence-corrected chi connectivity index (χ4v) is 2.77. The predicted molar refractivity (Wildman–Crippen MR) is 112 cm³/mol. The van der Waals surface area contributed by atoms with E-state index in [1.54, 1.807) is 6.20 Å². The molecule has 31 heavy (non-hydrogen) atoms. The molecule has 0 radical (unpaired) electrons. The molecule has 1 heterocycles. The van der Waals surface area contributed by atoms with Gasteiger partial charge in [0.1, 0.15) is 13.1 Å². The van der Waals surface area contributed by atoms with Crippen LogP contribution in [0.4, 0.5) is 0 Å². The number of hydrogen-bond donors (Lipinski definition) is 2. The third-order valence-corrected chi connectivity index (χ3v) is 4.22. The van der Waals surface area contributed by atoms with Crippen LogP contribution in [-0.4, -0.2) is 73.7 Å². The molecule has 1 aromatic carbocycles. The molecule has 0 fully saturated rings. The lowest BCUT2D eigenvalue weighted by Gasteiger charge is -2.21. The van der Waals surface area contributed by atoms with Gasteiger partial charge < -0.3 is 10.2 Å². The van der Waals surface area contributed by atoms with Gasteiger partial charge in [-0.1, -0.05) is 46.8 Å². The van der Waals surface area contributed by atoms with Gasteiger partial charge in [0.2, 0.25) is 0 Å². The van der Waals surface area contributed by atoms with Crippen molar-refractivity contribution in [3.05, 3.63) is 59.6 Å². The summed E-state index contributed by atoms with van der Waals surface area (Å²) < 4.78 is 1.27. The first-order valence-corrected chi connectivity index (χ1v) is 9.62. The summed E-state index contributed by atoms with van der Waals surface area (Å²) >= 11 is 0. The molecule has 2 rings (SSSR count). The monoisotopic (exact) mass is 429 g/mol. The Hall–Kier alpha value is -3.60. The number of aryl methyl sites for hydroxylation is 1. The summed E-state index contributed by atoms with van der Waals surface area (Å²) in [5.41, 5.74) is 3.45. The average Bonchev–Trinajstić information content (AvgIpc) is 3.11. The molecule has 0 aliphatic rings. The Morgan fingerprint density at radius 2 is 1.87 bits per heavy atom. The third kappa shape index (κ3) is 9.17. The zero-order chi connectivity index (χ0) is 22.8. The van der Waals surface area contributed by atoms with Crippen LogP contribution in [-0.2, 0) is 29.1 Å². The highest BCUT2D eigenvalue weighted by molar-refractivity contribution is 5.68. The van der Waals surface area contributed by atoms with Crippen molar-refractivity contribution < 1.29 is 19.8 Å². The molecule has 0 spiro atoms. The smallest absolute Gasteiger partial charge is 0.325 e. The molecule has 2 N–H and O–H groups in total.